The van der Waals surface area contributed by atoms with Crippen LogP contribution in [0.5, 0.6) is 0 Å². The maximum atomic E-state index is 12.3. The number of nitrogens with one attached hydrogen (secondary N) is 1. The Hall–Kier alpha value is -0.610. The molecule has 0 aromatic carbocycles. The van der Waals surface area contributed by atoms with Crippen LogP contribution in [0.25, 0.3) is 0 Å². The Balaban J connectivity index is 1.47. The Morgan fingerprint density at radius 1 is 1.21 bits per heavy atom. The molecule has 3 heterocycles. The maximum absolute atomic E-state index is 12.3. The number of fused-ring (bicyclic) bond motifs is 1. The fourth-order valence-electron chi connectivity index (χ4n) is 3.81. The summed E-state index contributed by atoms with van der Waals surface area (Å²) in [5, 5.41) is 3.60. The summed E-state index contributed by atoms with van der Waals surface area (Å²) >= 11 is 0. The molecule has 0 unspecified atom stereocenters. The first-order valence-electron chi connectivity index (χ1n) is 7.96. The zero-order chi connectivity index (χ0) is 13.2. The van der Waals surface area contributed by atoms with E-state index in [1.807, 2.05) is 0 Å². The molecule has 1 amide bonds. The van der Waals surface area contributed by atoms with Gasteiger partial charge in [0.1, 0.15) is 0 Å². The number of amides is 1. The Morgan fingerprint density at radius 3 is 2.74 bits per heavy atom. The van der Waals surface area contributed by atoms with E-state index < -0.39 is 0 Å². The minimum Gasteiger partial charge on any atom is -0.342 e. The van der Waals surface area contributed by atoms with Gasteiger partial charge in [-0.2, -0.15) is 0 Å². The first kappa shape index (κ1) is 13.4. The lowest BCUT2D eigenvalue weighted by Gasteiger charge is -2.31. The largest absolute Gasteiger partial charge is 0.342 e. The van der Waals surface area contributed by atoms with Crippen LogP contribution >= 0.6 is 0 Å². The number of likely N-dealkylation sites (tertiary alicyclic amines) is 2. The Labute approximate surface area is 116 Å². The van der Waals surface area contributed by atoms with Gasteiger partial charge in [0, 0.05) is 32.2 Å². The smallest absolute Gasteiger partial charge is 0.236 e. The van der Waals surface area contributed by atoms with Gasteiger partial charge in [-0.1, -0.05) is 6.92 Å². The molecule has 0 spiro atoms. The zero-order valence-electron chi connectivity index (χ0n) is 12.1. The molecule has 3 saturated heterocycles. The topological polar surface area (TPSA) is 35.6 Å². The third kappa shape index (κ3) is 3.11. The molecule has 3 aliphatic heterocycles. The SMILES string of the molecule is CC1CCN(C(=O)CN2C[C@@H]3CCCN[C@@H]3C2)CC1. The van der Waals surface area contributed by atoms with Crippen molar-refractivity contribution in [2.24, 2.45) is 11.8 Å². The zero-order valence-corrected chi connectivity index (χ0v) is 12.1. The summed E-state index contributed by atoms with van der Waals surface area (Å²) in [6.45, 7) is 8.22. The predicted molar refractivity (Wildman–Crippen MR) is 75.9 cm³/mol. The van der Waals surface area contributed by atoms with E-state index in [2.05, 4.69) is 22.0 Å². The molecule has 0 aromatic rings. The van der Waals surface area contributed by atoms with E-state index >= 15 is 0 Å². The molecule has 0 aliphatic carbocycles. The van der Waals surface area contributed by atoms with Crippen molar-refractivity contribution in [2.45, 2.75) is 38.6 Å². The van der Waals surface area contributed by atoms with Crippen LogP contribution < -0.4 is 5.32 Å². The van der Waals surface area contributed by atoms with Gasteiger partial charge in [-0.05, 0) is 44.1 Å². The molecule has 3 fully saturated rings. The van der Waals surface area contributed by atoms with E-state index in [4.69, 9.17) is 0 Å². The van der Waals surface area contributed by atoms with Gasteiger partial charge in [0.05, 0.1) is 6.54 Å². The normalized spacial score (nSPS) is 33.4. The van der Waals surface area contributed by atoms with Crippen molar-refractivity contribution in [1.29, 1.82) is 0 Å². The number of hydrogen-bond acceptors (Lipinski definition) is 3. The monoisotopic (exact) mass is 265 g/mol. The summed E-state index contributed by atoms with van der Waals surface area (Å²) in [5.74, 6) is 1.93. The summed E-state index contributed by atoms with van der Waals surface area (Å²) in [4.78, 5) is 16.8. The number of rotatable bonds is 2. The van der Waals surface area contributed by atoms with Crippen molar-refractivity contribution >= 4 is 5.91 Å². The average Bonchev–Trinajstić information content (AvgIpc) is 2.81. The summed E-state index contributed by atoms with van der Waals surface area (Å²) in [6.07, 6.45) is 4.99. The van der Waals surface area contributed by atoms with Crippen LogP contribution in [0, 0.1) is 11.8 Å². The number of carbonyl (C=O) groups excluding carboxylic acids is 1. The van der Waals surface area contributed by atoms with E-state index in [1.165, 1.54) is 25.7 Å². The van der Waals surface area contributed by atoms with Crippen LogP contribution in [-0.2, 0) is 4.79 Å². The lowest BCUT2D eigenvalue weighted by atomic mass is 9.94. The van der Waals surface area contributed by atoms with Gasteiger partial charge in [-0.25, -0.2) is 0 Å². The highest BCUT2D eigenvalue weighted by atomic mass is 16.2. The third-order valence-electron chi connectivity index (χ3n) is 5.17. The van der Waals surface area contributed by atoms with Crippen LogP contribution in [-0.4, -0.2) is 61.0 Å². The highest BCUT2D eigenvalue weighted by Crippen LogP contribution is 2.25. The summed E-state index contributed by atoms with van der Waals surface area (Å²) in [6, 6.07) is 0.642. The van der Waals surface area contributed by atoms with Crippen molar-refractivity contribution in [2.75, 3.05) is 39.3 Å². The van der Waals surface area contributed by atoms with Crippen molar-refractivity contribution in [3.05, 3.63) is 0 Å². The lowest BCUT2D eigenvalue weighted by Crippen LogP contribution is -2.44. The number of piperidine rings is 2. The molecule has 3 rings (SSSR count). The quantitative estimate of drug-likeness (QED) is 0.807. The van der Waals surface area contributed by atoms with Crippen LogP contribution in [0.4, 0.5) is 0 Å². The van der Waals surface area contributed by atoms with E-state index in [0.717, 1.165) is 44.6 Å². The van der Waals surface area contributed by atoms with Crippen molar-refractivity contribution in [1.82, 2.24) is 15.1 Å². The molecule has 0 bridgehead atoms. The third-order valence-corrected chi connectivity index (χ3v) is 5.17. The minimum atomic E-state index is 0.352. The molecule has 0 saturated carbocycles. The Kier molecular flexibility index (Phi) is 4.08. The first-order valence-corrected chi connectivity index (χ1v) is 7.96. The second-order valence-electron chi connectivity index (χ2n) is 6.72. The number of carbonyl (C=O) groups is 1. The molecule has 1 N–H and O–H groups in total. The number of nitrogens with zero attached hydrogens (tertiary/aromatic N) is 2. The molecular weight excluding hydrogens is 238 g/mol. The van der Waals surface area contributed by atoms with E-state index in [9.17, 15) is 4.79 Å². The van der Waals surface area contributed by atoms with E-state index in [-0.39, 0.29) is 0 Å². The maximum Gasteiger partial charge on any atom is 0.236 e. The molecule has 4 heteroatoms. The molecule has 4 nitrogen and oxygen atoms in total. The van der Waals surface area contributed by atoms with Crippen LogP contribution in [0.2, 0.25) is 0 Å². The standard InChI is InChI=1S/C15H27N3O/c1-12-4-7-18(8-5-12)15(19)11-17-9-13-3-2-6-16-14(13)10-17/h12-14,16H,2-11H2,1H3/t13-,14+/m0/s1. The summed E-state index contributed by atoms with van der Waals surface area (Å²) in [7, 11) is 0. The van der Waals surface area contributed by atoms with Gasteiger partial charge in [-0.15, -0.1) is 0 Å². The van der Waals surface area contributed by atoms with Gasteiger partial charge in [0.2, 0.25) is 5.91 Å². The van der Waals surface area contributed by atoms with E-state index in [0.29, 0.717) is 18.5 Å². The highest BCUT2D eigenvalue weighted by Gasteiger charge is 2.35. The van der Waals surface area contributed by atoms with Crippen molar-refractivity contribution in [3.8, 4) is 0 Å². The van der Waals surface area contributed by atoms with Crippen molar-refractivity contribution < 1.29 is 4.79 Å². The summed E-state index contributed by atoms with van der Waals surface area (Å²) < 4.78 is 0. The molecular formula is C15H27N3O. The van der Waals surface area contributed by atoms with Crippen molar-refractivity contribution in [3.63, 3.8) is 0 Å². The molecule has 108 valence electrons. The average molecular weight is 265 g/mol. The molecule has 0 radical (unpaired) electrons. The molecule has 3 aliphatic rings. The molecule has 19 heavy (non-hydrogen) atoms. The molecule has 2 atom stereocenters. The van der Waals surface area contributed by atoms with E-state index in [1.54, 1.807) is 0 Å². The first-order chi connectivity index (χ1) is 9.22. The van der Waals surface area contributed by atoms with Gasteiger partial charge in [0.25, 0.3) is 0 Å². The predicted octanol–water partition coefficient (Wildman–Crippen LogP) is 0.929. The number of hydrogen-bond donors (Lipinski definition) is 1. The second-order valence-corrected chi connectivity index (χ2v) is 6.72. The van der Waals surface area contributed by atoms with Gasteiger partial charge >= 0.3 is 0 Å². The second kappa shape index (κ2) is 5.80. The minimum absolute atomic E-state index is 0.352. The fraction of sp³-hybridized carbons (Fsp3) is 0.933. The van der Waals surface area contributed by atoms with Gasteiger partial charge < -0.3 is 10.2 Å². The summed E-state index contributed by atoms with van der Waals surface area (Å²) in [5.41, 5.74) is 0. The van der Waals surface area contributed by atoms with Crippen LogP contribution in [0.3, 0.4) is 0 Å². The lowest BCUT2D eigenvalue weighted by molar-refractivity contribution is -0.133. The van der Waals surface area contributed by atoms with Crippen LogP contribution in [0.15, 0.2) is 0 Å². The van der Waals surface area contributed by atoms with Gasteiger partial charge in [0.15, 0.2) is 0 Å². The highest BCUT2D eigenvalue weighted by molar-refractivity contribution is 5.78. The Morgan fingerprint density at radius 2 is 2.00 bits per heavy atom. The van der Waals surface area contributed by atoms with Crippen LogP contribution in [0.1, 0.15) is 32.6 Å². The van der Waals surface area contributed by atoms with Gasteiger partial charge in [-0.3, -0.25) is 9.69 Å². The molecule has 0 aromatic heterocycles. The Bertz CT molecular complexity index is 311. The fourth-order valence-corrected chi connectivity index (χ4v) is 3.81.